The number of nitrogens with one attached hydrogen (secondary N) is 2. The van der Waals surface area contributed by atoms with Gasteiger partial charge < -0.3 is 20.1 Å². The van der Waals surface area contributed by atoms with Gasteiger partial charge >= 0.3 is 0 Å². The number of hydrogen-bond acceptors (Lipinski definition) is 5. The van der Waals surface area contributed by atoms with Crippen LogP contribution in [0.15, 0.2) is 71.2 Å². The number of rotatable bonds is 8. The molecular formula is C24H22BrN3O3. The first-order valence-electron chi connectivity index (χ1n) is 9.55. The van der Waals surface area contributed by atoms with Crippen LogP contribution in [0.4, 0.5) is 5.69 Å². The fourth-order valence-electron chi connectivity index (χ4n) is 3.07. The van der Waals surface area contributed by atoms with E-state index in [2.05, 4.69) is 32.6 Å². The Kier molecular flexibility index (Phi) is 7.52. The lowest BCUT2D eigenvalue weighted by Crippen LogP contribution is -2.33. The minimum Gasteiger partial charge on any atom is -0.493 e. The van der Waals surface area contributed by atoms with Crippen LogP contribution in [0.5, 0.6) is 11.5 Å². The van der Waals surface area contributed by atoms with E-state index >= 15 is 0 Å². The van der Waals surface area contributed by atoms with Crippen molar-refractivity contribution in [1.29, 1.82) is 5.26 Å². The average Bonchev–Trinajstić information content (AvgIpc) is 2.82. The molecule has 0 saturated heterocycles. The van der Waals surface area contributed by atoms with Crippen LogP contribution in [-0.2, 0) is 11.3 Å². The normalized spacial score (nSPS) is 11.2. The van der Waals surface area contributed by atoms with Crippen molar-refractivity contribution in [3.63, 3.8) is 0 Å². The molecule has 158 valence electrons. The predicted octanol–water partition coefficient (Wildman–Crippen LogP) is 4.81. The molecule has 1 amide bonds. The lowest BCUT2D eigenvalue weighted by molar-refractivity contribution is -0.122. The summed E-state index contributed by atoms with van der Waals surface area (Å²) in [5.74, 6) is 0.865. The third-order valence-corrected chi connectivity index (χ3v) is 5.40. The second kappa shape index (κ2) is 10.5. The number of methoxy groups -OCH3 is 2. The van der Waals surface area contributed by atoms with Crippen LogP contribution in [0, 0.1) is 11.3 Å². The van der Waals surface area contributed by atoms with Gasteiger partial charge in [-0.05, 0) is 42.0 Å². The van der Waals surface area contributed by atoms with Crippen molar-refractivity contribution in [3.8, 4) is 17.6 Å². The van der Waals surface area contributed by atoms with E-state index in [0.29, 0.717) is 39.3 Å². The van der Waals surface area contributed by atoms with Crippen molar-refractivity contribution >= 4 is 27.5 Å². The van der Waals surface area contributed by atoms with Crippen LogP contribution in [0.3, 0.4) is 0 Å². The highest BCUT2D eigenvalue weighted by molar-refractivity contribution is 9.10. The molecule has 3 rings (SSSR count). The maximum absolute atomic E-state index is 13.2. The Bertz CT molecular complexity index is 1080. The Morgan fingerprint density at radius 3 is 2.29 bits per heavy atom. The van der Waals surface area contributed by atoms with E-state index in [1.54, 1.807) is 50.6 Å². The smallest absolute Gasteiger partial charge is 0.247 e. The number of hydrogen-bond donors (Lipinski definition) is 2. The molecule has 1 atom stereocenters. The number of halogens is 1. The number of nitriles is 1. The van der Waals surface area contributed by atoms with Crippen molar-refractivity contribution in [2.45, 2.75) is 12.6 Å². The average molecular weight is 480 g/mol. The summed E-state index contributed by atoms with van der Waals surface area (Å²) >= 11 is 3.55. The molecule has 0 saturated carbocycles. The van der Waals surface area contributed by atoms with Crippen molar-refractivity contribution in [1.82, 2.24) is 5.32 Å². The molecule has 0 aliphatic carbocycles. The number of amides is 1. The Morgan fingerprint density at radius 2 is 1.68 bits per heavy atom. The van der Waals surface area contributed by atoms with Crippen LogP contribution in [0.1, 0.15) is 22.7 Å². The third-order valence-electron chi connectivity index (χ3n) is 4.71. The zero-order valence-corrected chi connectivity index (χ0v) is 18.8. The van der Waals surface area contributed by atoms with Gasteiger partial charge in [0.25, 0.3) is 0 Å². The van der Waals surface area contributed by atoms with Gasteiger partial charge in [0.2, 0.25) is 5.91 Å². The topological polar surface area (TPSA) is 83.4 Å². The van der Waals surface area contributed by atoms with Crippen LogP contribution in [-0.4, -0.2) is 20.1 Å². The zero-order chi connectivity index (χ0) is 22.2. The number of carbonyl (C=O) groups is 1. The van der Waals surface area contributed by atoms with E-state index in [-0.39, 0.29) is 5.91 Å². The number of ether oxygens (including phenoxy) is 2. The summed E-state index contributed by atoms with van der Waals surface area (Å²) in [6, 6.07) is 21.6. The van der Waals surface area contributed by atoms with Crippen molar-refractivity contribution in [2.75, 3.05) is 19.5 Å². The Hall–Kier alpha value is -3.50. The second-order valence-electron chi connectivity index (χ2n) is 6.70. The molecule has 0 aliphatic heterocycles. The molecule has 0 heterocycles. The van der Waals surface area contributed by atoms with Crippen molar-refractivity contribution in [3.05, 3.63) is 87.9 Å². The lowest BCUT2D eigenvalue weighted by atomic mass is 10.0. The standard InChI is InChI=1S/C24H22BrN3O3/c1-30-21-12-19(20(25)13-22(21)31-2)23(28-18-10-8-16(14-26)9-11-18)24(29)27-15-17-6-4-3-5-7-17/h3-13,23,28H,15H2,1-2H3,(H,27,29). The molecule has 2 N–H and O–H groups in total. The quantitative estimate of drug-likeness (QED) is 0.484. The van der Waals surface area contributed by atoms with E-state index in [0.717, 1.165) is 5.56 Å². The Labute approximate surface area is 189 Å². The first kappa shape index (κ1) is 22.2. The molecule has 0 aromatic heterocycles. The molecule has 31 heavy (non-hydrogen) atoms. The van der Waals surface area contributed by atoms with Gasteiger partial charge in [-0.25, -0.2) is 0 Å². The van der Waals surface area contributed by atoms with Gasteiger partial charge in [0.05, 0.1) is 25.9 Å². The highest BCUT2D eigenvalue weighted by Gasteiger charge is 2.25. The van der Waals surface area contributed by atoms with Gasteiger partial charge in [-0.2, -0.15) is 5.26 Å². The summed E-state index contributed by atoms with van der Waals surface area (Å²) < 4.78 is 11.5. The molecular weight excluding hydrogens is 458 g/mol. The summed E-state index contributed by atoms with van der Waals surface area (Å²) in [6.07, 6.45) is 0. The van der Waals surface area contributed by atoms with Gasteiger partial charge in [-0.15, -0.1) is 0 Å². The molecule has 0 fully saturated rings. The summed E-state index contributed by atoms with van der Waals surface area (Å²) in [4.78, 5) is 13.2. The fourth-order valence-corrected chi connectivity index (χ4v) is 3.62. The van der Waals surface area contributed by atoms with E-state index in [1.807, 2.05) is 30.3 Å². The van der Waals surface area contributed by atoms with Crippen molar-refractivity contribution in [2.24, 2.45) is 0 Å². The SMILES string of the molecule is COc1cc(Br)c(C(Nc2ccc(C#N)cc2)C(=O)NCc2ccccc2)cc1OC. The molecule has 0 radical (unpaired) electrons. The lowest BCUT2D eigenvalue weighted by Gasteiger charge is -2.22. The van der Waals surface area contributed by atoms with Crippen LogP contribution in [0.2, 0.25) is 0 Å². The summed E-state index contributed by atoms with van der Waals surface area (Å²) in [7, 11) is 3.11. The number of anilines is 1. The molecule has 3 aromatic rings. The Morgan fingerprint density at radius 1 is 1.03 bits per heavy atom. The minimum atomic E-state index is -0.717. The molecule has 0 spiro atoms. The fraction of sp³-hybridized carbons (Fsp3) is 0.167. The predicted molar refractivity (Wildman–Crippen MR) is 123 cm³/mol. The van der Waals surface area contributed by atoms with E-state index in [1.165, 1.54) is 0 Å². The first-order chi connectivity index (χ1) is 15.0. The molecule has 1 unspecified atom stereocenters. The van der Waals surface area contributed by atoms with Crippen LogP contribution >= 0.6 is 15.9 Å². The molecule has 7 heteroatoms. The van der Waals surface area contributed by atoms with Gasteiger partial charge in [0, 0.05) is 22.3 Å². The summed E-state index contributed by atoms with van der Waals surface area (Å²) in [5, 5.41) is 15.3. The largest absolute Gasteiger partial charge is 0.493 e. The van der Waals surface area contributed by atoms with E-state index < -0.39 is 6.04 Å². The van der Waals surface area contributed by atoms with Crippen molar-refractivity contribution < 1.29 is 14.3 Å². The number of nitrogens with zero attached hydrogens (tertiary/aromatic N) is 1. The first-order valence-corrected chi connectivity index (χ1v) is 10.3. The number of benzene rings is 3. The van der Waals surface area contributed by atoms with Crippen LogP contribution < -0.4 is 20.1 Å². The van der Waals surface area contributed by atoms with E-state index in [4.69, 9.17) is 14.7 Å². The van der Waals surface area contributed by atoms with Gasteiger partial charge in [-0.1, -0.05) is 46.3 Å². The molecule has 6 nitrogen and oxygen atoms in total. The van der Waals surface area contributed by atoms with E-state index in [9.17, 15) is 4.79 Å². The molecule has 3 aromatic carbocycles. The van der Waals surface area contributed by atoms with Crippen LogP contribution in [0.25, 0.3) is 0 Å². The highest BCUT2D eigenvalue weighted by atomic mass is 79.9. The highest BCUT2D eigenvalue weighted by Crippen LogP contribution is 2.37. The summed E-state index contributed by atoms with van der Waals surface area (Å²) in [6.45, 7) is 0.399. The molecule has 0 aliphatic rings. The third kappa shape index (κ3) is 5.56. The monoisotopic (exact) mass is 479 g/mol. The maximum atomic E-state index is 13.2. The number of carbonyl (C=O) groups excluding carboxylic acids is 1. The minimum absolute atomic E-state index is 0.207. The summed E-state index contributed by atoms with van der Waals surface area (Å²) in [5.41, 5.74) is 2.94. The molecule has 0 bridgehead atoms. The zero-order valence-electron chi connectivity index (χ0n) is 17.2. The van der Waals surface area contributed by atoms with Gasteiger partial charge in [0.1, 0.15) is 6.04 Å². The van der Waals surface area contributed by atoms with Gasteiger partial charge in [-0.3, -0.25) is 4.79 Å². The maximum Gasteiger partial charge on any atom is 0.247 e. The van der Waals surface area contributed by atoms with Gasteiger partial charge in [0.15, 0.2) is 11.5 Å². The Balaban J connectivity index is 1.93. The second-order valence-corrected chi connectivity index (χ2v) is 7.55.